The van der Waals surface area contributed by atoms with E-state index >= 15 is 0 Å². The van der Waals surface area contributed by atoms with Crippen molar-refractivity contribution >= 4 is 39.7 Å². The van der Waals surface area contributed by atoms with Gasteiger partial charge in [0.25, 0.3) is 0 Å². The second kappa shape index (κ2) is 6.99. The lowest BCUT2D eigenvalue weighted by atomic mass is 10.3. The zero-order valence-corrected chi connectivity index (χ0v) is 14.4. The maximum absolute atomic E-state index is 11.8. The van der Waals surface area contributed by atoms with Crippen LogP contribution in [-0.4, -0.2) is 10.5 Å². The van der Waals surface area contributed by atoms with Gasteiger partial charge in [-0.15, -0.1) is 0 Å². The van der Waals surface area contributed by atoms with Gasteiger partial charge in [-0.2, -0.15) is 0 Å². The first kappa shape index (κ1) is 15.8. The van der Waals surface area contributed by atoms with E-state index in [4.69, 9.17) is 9.15 Å². The summed E-state index contributed by atoms with van der Waals surface area (Å²) in [5.41, 5.74) is 1.29. The van der Waals surface area contributed by atoms with Gasteiger partial charge in [0, 0.05) is 16.5 Å². The molecule has 2 aromatic carbocycles. The lowest BCUT2D eigenvalue weighted by Gasteiger charge is -2.05. The molecule has 0 aliphatic rings. The summed E-state index contributed by atoms with van der Waals surface area (Å²) in [7, 11) is 0. The maximum atomic E-state index is 11.8. The maximum Gasteiger partial charge on any atom is 0.419 e. The Morgan fingerprint density at radius 1 is 1.13 bits per heavy atom. The Balaban J connectivity index is 1.58. The molecule has 0 radical (unpaired) electrons. The van der Waals surface area contributed by atoms with E-state index in [1.165, 1.54) is 4.57 Å². The third-order valence-corrected chi connectivity index (χ3v) is 4.10. The van der Waals surface area contributed by atoms with Crippen LogP contribution in [0.15, 0.2) is 57.7 Å². The standard InChI is InChI=1S/C17H14INO4/c18-12-7-9-13(10-8-12)22-16(20)6-3-11-19-14-4-1-2-5-15(14)23-17(19)21/h1-2,4-5,7-10H,3,6,11H2. The van der Waals surface area contributed by atoms with E-state index in [2.05, 4.69) is 22.6 Å². The van der Waals surface area contributed by atoms with Crippen molar-refractivity contribution in [3.05, 3.63) is 62.7 Å². The van der Waals surface area contributed by atoms with Gasteiger partial charge < -0.3 is 9.15 Å². The first-order chi connectivity index (χ1) is 11.1. The van der Waals surface area contributed by atoms with Crippen LogP contribution in [0.5, 0.6) is 5.75 Å². The van der Waals surface area contributed by atoms with Crippen LogP contribution in [0.4, 0.5) is 0 Å². The molecule has 0 N–H and O–H groups in total. The lowest BCUT2D eigenvalue weighted by Crippen LogP contribution is -2.16. The number of ether oxygens (including phenoxy) is 1. The minimum atomic E-state index is -0.405. The van der Waals surface area contributed by atoms with Crippen LogP contribution in [0.2, 0.25) is 0 Å². The number of aryl methyl sites for hydroxylation is 1. The molecule has 0 amide bonds. The SMILES string of the molecule is O=C(CCCn1c(=O)oc2ccccc21)Oc1ccc(I)cc1. The van der Waals surface area contributed by atoms with E-state index in [0.29, 0.717) is 24.3 Å². The Morgan fingerprint density at radius 3 is 2.65 bits per heavy atom. The first-order valence-corrected chi connectivity index (χ1v) is 8.26. The number of hydrogen-bond donors (Lipinski definition) is 0. The molecule has 23 heavy (non-hydrogen) atoms. The Bertz CT molecular complexity index is 879. The normalized spacial score (nSPS) is 10.8. The fraction of sp³-hybridized carbons (Fsp3) is 0.176. The fourth-order valence-electron chi connectivity index (χ4n) is 2.29. The number of esters is 1. The minimum absolute atomic E-state index is 0.234. The minimum Gasteiger partial charge on any atom is -0.427 e. The van der Waals surface area contributed by atoms with E-state index in [1.807, 2.05) is 30.3 Å². The average molecular weight is 423 g/mol. The predicted octanol–water partition coefficient (Wildman–Crippen LogP) is 3.58. The van der Waals surface area contributed by atoms with Crippen molar-refractivity contribution in [1.29, 1.82) is 0 Å². The van der Waals surface area contributed by atoms with Crippen LogP contribution in [0, 0.1) is 3.57 Å². The van der Waals surface area contributed by atoms with Gasteiger partial charge in [-0.05, 0) is 65.4 Å². The summed E-state index contributed by atoms with van der Waals surface area (Å²) in [5, 5.41) is 0. The predicted molar refractivity (Wildman–Crippen MR) is 94.5 cm³/mol. The highest BCUT2D eigenvalue weighted by molar-refractivity contribution is 14.1. The summed E-state index contributed by atoms with van der Waals surface area (Å²) in [6.07, 6.45) is 0.741. The smallest absolute Gasteiger partial charge is 0.419 e. The van der Waals surface area contributed by atoms with Crippen molar-refractivity contribution in [2.45, 2.75) is 19.4 Å². The highest BCUT2D eigenvalue weighted by Crippen LogP contribution is 2.15. The Morgan fingerprint density at radius 2 is 1.87 bits per heavy atom. The molecule has 3 rings (SSSR count). The Hall–Kier alpha value is -2.09. The highest BCUT2D eigenvalue weighted by Gasteiger charge is 2.10. The molecular weight excluding hydrogens is 409 g/mol. The number of rotatable bonds is 5. The average Bonchev–Trinajstić information content (AvgIpc) is 2.86. The summed E-state index contributed by atoms with van der Waals surface area (Å²) in [5.74, 6) is -0.189. The number of benzene rings is 2. The molecule has 0 saturated heterocycles. The van der Waals surface area contributed by atoms with Crippen LogP contribution in [0.3, 0.4) is 0 Å². The van der Waals surface area contributed by atoms with Crippen molar-refractivity contribution in [1.82, 2.24) is 4.57 Å². The zero-order valence-electron chi connectivity index (χ0n) is 12.2. The molecule has 118 valence electrons. The molecule has 0 saturated carbocycles. The molecule has 3 aromatic rings. The molecule has 1 aromatic heterocycles. The van der Waals surface area contributed by atoms with Crippen molar-refractivity contribution in [2.75, 3.05) is 0 Å². The van der Waals surface area contributed by atoms with Gasteiger partial charge in [0.1, 0.15) is 5.75 Å². The number of fused-ring (bicyclic) bond motifs is 1. The van der Waals surface area contributed by atoms with Crippen LogP contribution in [0.1, 0.15) is 12.8 Å². The zero-order chi connectivity index (χ0) is 16.2. The van der Waals surface area contributed by atoms with Crippen molar-refractivity contribution in [3.8, 4) is 5.75 Å². The number of oxazole rings is 1. The number of hydrogen-bond acceptors (Lipinski definition) is 4. The molecular formula is C17H14INO4. The third kappa shape index (κ3) is 3.82. The molecule has 0 unspecified atom stereocenters. The van der Waals surface area contributed by atoms with Gasteiger partial charge in [0.2, 0.25) is 0 Å². The fourth-order valence-corrected chi connectivity index (χ4v) is 2.65. The largest absolute Gasteiger partial charge is 0.427 e. The van der Waals surface area contributed by atoms with Crippen molar-refractivity contribution in [2.24, 2.45) is 0 Å². The molecule has 0 atom stereocenters. The second-order valence-electron chi connectivity index (χ2n) is 5.02. The van der Waals surface area contributed by atoms with Crippen molar-refractivity contribution in [3.63, 3.8) is 0 Å². The topological polar surface area (TPSA) is 61.4 Å². The van der Waals surface area contributed by atoms with Crippen LogP contribution in [-0.2, 0) is 11.3 Å². The van der Waals surface area contributed by atoms with E-state index in [1.54, 1.807) is 18.2 Å². The molecule has 0 aliphatic carbocycles. The quantitative estimate of drug-likeness (QED) is 0.358. The van der Waals surface area contributed by atoms with Gasteiger partial charge in [-0.3, -0.25) is 9.36 Å². The van der Waals surface area contributed by atoms with E-state index in [0.717, 1.165) is 9.09 Å². The van der Waals surface area contributed by atoms with E-state index < -0.39 is 5.76 Å². The summed E-state index contributed by atoms with van der Waals surface area (Å²) < 4.78 is 13.0. The van der Waals surface area contributed by atoms with Crippen molar-refractivity contribution < 1.29 is 13.9 Å². The Kier molecular flexibility index (Phi) is 4.80. The summed E-state index contributed by atoms with van der Waals surface area (Å²) in [6.45, 7) is 0.414. The number of halogens is 1. The van der Waals surface area contributed by atoms with Crippen LogP contribution in [0.25, 0.3) is 11.1 Å². The molecule has 0 spiro atoms. The molecule has 0 fully saturated rings. The van der Waals surface area contributed by atoms with Crippen LogP contribution >= 0.6 is 22.6 Å². The monoisotopic (exact) mass is 423 g/mol. The third-order valence-electron chi connectivity index (χ3n) is 3.38. The van der Waals surface area contributed by atoms with Crippen LogP contribution < -0.4 is 10.5 Å². The number of carbonyl (C=O) groups is 1. The molecule has 0 bridgehead atoms. The number of nitrogens with zero attached hydrogens (tertiary/aromatic N) is 1. The number of carbonyl (C=O) groups excluding carboxylic acids is 1. The highest BCUT2D eigenvalue weighted by atomic mass is 127. The van der Waals surface area contributed by atoms with Gasteiger partial charge >= 0.3 is 11.7 Å². The summed E-state index contributed by atoms with van der Waals surface area (Å²) in [6, 6.07) is 14.5. The molecule has 0 aliphatic heterocycles. The van der Waals surface area contributed by atoms with Gasteiger partial charge in [-0.25, -0.2) is 4.79 Å². The van der Waals surface area contributed by atoms with Gasteiger partial charge in [0.05, 0.1) is 5.52 Å². The van der Waals surface area contributed by atoms with Gasteiger partial charge in [-0.1, -0.05) is 12.1 Å². The van der Waals surface area contributed by atoms with Gasteiger partial charge in [0.15, 0.2) is 5.58 Å². The van der Waals surface area contributed by atoms with E-state index in [9.17, 15) is 9.59 Å². The summed E-state index contributed by atoms with van der Waals surface area (Å²) in [4.78, 5) is 23.7. The number of para-hydroxylation sites is 2. The summed E-state index contributed by atoms with van der Waals surface area (Å²) >= 11 is 2.19. The first-order valence-electron chi connectivity index (χ1n) is 7.18. The van der Waals surface area contributed by atoms with E-state index in [-0.39, 0.29) is 12.4 Å². The lowest BCUT2D eigenvalue weighted by molar-refractivity contribution is -0.134. The number of aromatic nitrogens is 1. The molecule has 6 heteroatoms. The second-order valence-corrected chi connectivity index (χ2v) is 6.26. The molecule has 5 nitrogen and oxygen atoms in total. The Labute approximate surface area is 146 Å². The molecule has 1 heterocycles.